The number of rotatable bonds is 3. The van der Waals surface area contributed by atoms with Crippen LogP contribution in [0.2, 0.25) is 0 Å². The Morgan fingerprint density at radius 1 is 1.18 bits per heavy atom. The van der Waals surface area contributed by atoms with Crippen LogP contribution < -0.4 is 9.47 Å². The lowest BCUT2D eigenvalue weighted by molar-refractivity contribution is -1.03. The normalized spacial score (nSPS) is 22.1. The molecule has 0 saturated carbocycles. The summed E-state index contributed by atoms with van der Waals surface area (Å²) >= 11 is 0. The van der Waals surface area contributed by atoms with Gasteiger partial charge in [0.05, 0.1) is 21.3 Å². The largest absolute Gasteiger partial charge is 0.593 e. The fourth-order valence-electron chi connectivity index (χ4n) is 1.87. The van der Waals surface area contributed by atoms with E-state index >= 15 is 0 Å². The van der Waals surface area contributed by atoms with Crippen LogP contribution in [-0.2, 0) is 11.4 Å². The van der Waals surface area contributed by atoms with E-state index in [1.165, 1.54) is 13.3 Å². The van der Waals surface area contributed by atoms with E-state index in [2.05, 4.69) is 0 Å². The van der Waals surface area contributed by atoms with Crippen LogP contribution in [0.4, 0.5) is 0 Å². The van der Waals surface area contributed by atoms with Crippen LogP contribution in [0.3, 0.4) is 0 Å². The van der Waals surface area contributed by atoms with Gasteiger partial charge in [-0.05, 0) is 6.07 Å². The molecule has 0 saturated heterocycles. The maximum absolute atomic E-state index is 12.0. The van der Waals surface area contributed by atoms with Crippen molar-refractivity contribution < 1.29 is 19.1 Å². The second-order valence-electron chi connectivity index (χ2n) is 3.79. The summed E-state index contributed by atoms with van der Waals surface area (Å²) in [5.74, 6) is 1.36. The van der Waals surface area contributed by atoms with Gasteiger partial charge in [0.1, 0.15) is 24.2 Å². The number of methoxy groups -OCH3 is 2. The summed E-state index contributed by atoms with van der Waals surface area (Å²) in [6.45, 7) is 0.204. The standard InChI is InChI=1S/C12H15NO4/c1-15-10-6-9-8-13(14,17-3)5-4-11(9)12(7-10)16-2/h4-7H,8H2,1-3H3. The Morgan fingerprint density at radius 3 is 2.53 bits per heavy atom. The first-order chi connectivity index (χ1) is 8.11. The van der Waals surface area contributed by atoms with E-state index in [9.17, 15) is 5.21 Å². The molecule has 1 aromatic rings. The van der Waals surface area contributed by atoms with Crippen LogP contribution in [0.25, 0.3) is 6.08 Å². The maximum atomic E-state index is 12.0. The molecular weight excluding hydrogens is 222 g/mol. The van der Waals surface area contributed by atoms with Crippen LogP contribution in [0.15, 0.2) is 18.3 Å². The van der Waals surface area contributed by atoms with Gasteiger partial charge in [-0.2, -0.15) is 4.81 Å². The monoisotopic (exact) mass is 237 g/mol. The second-order valence-corrected chi connectivity index (χ2v) is 3.79. The molecule has 0 N–H and O–H groups in total. The fourth-order valence-corrected chi connectivity index (χ4v) is 1.87. The van der Waals surface area contributed by atoms with Crippen molar-refractivity contribution in [1.29, 1.82) is 0 Å². The predicted molar refractivity (Wildman–Crippen MR) is 62.9 cm³/mol. The number of quaternary nitrogens is 1. The molecule has 1 aliphatic rings. The Balaban J connectivity index is 2.49. The molecule has 0 bridgehead atoms. The van der Waals surface area contributed by atoms with Crippen molar-refractivity contribution in [1.82, 2.24) is 0 Å². The number of fused-ring (bicyclic) bond motifs is 1. The van der Waals surface area contributed by atoms with E-state index < -0.39 is 4.81 Å². The van der Waals surface area contributed by atoms with Crippen LogP contribution in [0.5, 0.6) is 11.5 Å². The Labute approximate surface area is 99.9 Å². The first-order valence-corrected chi connectivity index (χ1v) is 5.20. The van der Waals surface area contributed by atoms with Crippen LogP contribution in [0.1, 0.15) is 11.1 Å². The lowest BCUT2D eigenvalue weighted by atomic mass is 10.0. The quantitative estimate of drug-likeness (QED) is 0.596. The van der Waals surface area contributed by atoms with E-state index in [1.807, 2.05) is 6.07 Å². The average molecular weight is 237 g/mol. The van der Waals surface area contributed by atoms with Gasteiger partial charge in [0.25, 0.3) is 0 Å². The zero-order chi connectivity index (χ0) is 12.5. The molecule has 1 unspecified atom stereocenters. The smallest absolute Gasteiger partial charge is 0.139 e. The van der Waals surface area contributed by atoms with Gasteiger partial charge in [0.15, 0.2) is 0 Å². The van der Waals surface area contributed by atoms with Crippen molar-refractivity contribution >= 4 is 6.08 Å². The summed E-state index contributed by atoms with van der Waals surface area (Å²) in [5.41, 5.74) is 1.75. The minimum absolute atomic E-state index is 0.204. The summed E-state index contributed by atoms with van der Waals surface area (Å²) in [4.78, 5) is 4.07. The van der Waals surface area contributed by atoms with Gasteiger partial charge >= 0.3 is 0 Å². The molecule has 0 amide bonds. The highest BCUT2D eigenvalue weighted by molar-refractivity contribution is 5.63. The minimum Gasteiger partial charge on any atom is -0.593 e. The van der Waals surface area contributed by atoms with E-state index in [0.29, 0.717) is 11.5 Å². The van der Waals surface area contributed by atoms with Crippen molar-refractivity contribution in [3.8, 4) is 11.5 Å². The van der Waals surface area contributed by atoms with Crippen LogP contribution >= 0.6 is 0 Å². The molecule has 1 heterocycles. The summed E-state index contributed by atoms with van der Waals surface area (Å²) in [6, 6.07) is 3.62. The molecule has 1 aliphatic heterocycles. The van der Waals surface area contributed by atoms with Crippen molar-refractivity contribution in [2.45, 2.75) is 6.54 Å². The van der Waals surface area contributed by atoms with Crippen LogP contribution in [0, 0.1) is 5.21 Å². The Bertz CT molecular complexity index is 458. The SMILES string of the molecule is COc1cc2c(c(OC)c1)C=C[N+]([O-])(OC)C2. The molecule has 0 radical (unpaired) electrons. The van der Waals surface area contributed by atoms with Crippen molar-refractivity contribution in [3.05, 3.63) is 34.7 Å². The lowest BCUT2D eigenvalue weighted by Gasteiger charge is -2.36. The molecule has 1 atom stereocenters. The van der Waals surface area contributed by atoms with Crippen molar-refractivity contribution in [2.24, 2.45) is 0 Å². The number of ether oxygens (including phenoxy) is 2. The topological polar surface area (TPSA) is 50.8 Å². The molecule has 0 aliphatic carbocycles. The number of benzene rings is 1. The molecule has 17 heavy (non-hydrogen) atoms. The van der Waals surface area contributed by atoms with Gasteiger partial charge in [-0.3, -0.25) is 0 Å². The van der Waals surface area contributed by atoms with Gasteiger partial charge in [-0.25, -0.2) is 4.84 Å². The Kier molecular flexibility index (Phi) is 3.06. The highest BCUT2D eigenvalue weighted by atomic mass is 16.9. The van der Waals surface area contributed by atoms with Crippen molar-refractivity contribution in [3.63, 3.8) is 0 Å². The molecule has 2 rings (SSSR count). The van der Waals surface area contributed by atoms with Gasteiger partial charge in [-0.15, -0.1) is 0 Å². The molecule has 1 aromatic carbocycles. The zero-order valence-corrected chi connectivity index (χ0v) is 10.1. The summed E-state index contributed by atoms with van der Waals surface area (Å²) in [5, 5.41) is 12.0. The third kappa shape index (κ3) is 2.12. The van der Waals surface area contributed by atoms with E-state index in [0.717, 1.165) is 11.1 Å². The number of hydrogen-bond acceptors (Lipinski definition) is 4. The van der Waals surface area contributed by atoms with E-state index in [-0.39, 0.29) is 6.54 Å². The van der Waals surface area contributed by atoms with Gasteiger partial charge < -0.3 is 14.7 Å². The molecule has 5 heteroatoms. The number of hydrogen-bond donors (Lipinski definition) is 0. The molecular formula is C12H15NO4. The highest BCUT2D eigenvalue weighted by Gasteiger charge is 2.24. The fraction of sp³-hybridized carbons (Fsp3) is 0.333. The first kappa shape index (κ1) is 11.9. The predicted octanol–water partition coefficient (Wildman–Crippen LogP) is 2.06. The number of hydroxylamine groups is 4. The first-order valence-electron chi connectivity index (χ1n) is 5.20. The molecule has 5 nitrogen and oxygen atoms in total. The number of nitrogens with zero attached hydrogens (tertiary/aromatic N) is 1. The summed E-state index contributed by atoms with van der Waals surface area (Å²) < 4.78 is 10.4. The van der Waals surface area contributed by atoms with Gasteiger partial charge in [0.2, 0.25) is 0 Å². The van der Waals surface area contributed by atoms with Gasteiger partial charge in [-0.1, -0.05) is 0 Å². The summed E-state index contributed by atoms with van der Waals surface area (Å²) in [6.07, 6.45) is 3.17. The second kappa shape index (κ2) is 4.37. The molecule has 0 aromatic heterocycles. The maximum Gasteiger partial charge on any atom is 0.139 e. The van der Waals surface area contributed by atoms with E-state index in [1.54, 1.807) is 26.4 Å². The Morgan fingerprint density at radius 2 is 1.94 bits per heavy atom. The zero-order valence-electron chi connectivity index (χ0n) is 10.1. The summed E-state index contributed by atoms with van der Waals surface area (Å²) in [7, 11) is 4.56. The molecule has 0 spiro atoms. The molecule has 92 valence electrons. The van der Waals surface area contributed by atoms with E-state index in [4.69, 9.17) is 14.3 Å². The van der Waals surface area contributed by atoms with Gasteiger partial charge in [0, 0.05) is 23.3 Å². The van der Waals surface area contributed by atoms with Crippen molar-refractivity contribution in [2.75, 3.05) is 21.3 Å². The van der Waals surface area contributed by atoms with Crippen LogP contribution in [-0.4, -0.2) is 26.1 Å². The third-order valence-electron chi connectivity index (χ3n) is 2.82. The minimum atomic E-state index is -0.830. The third-order valence-corrected chi connectivity index (χ3v) is 2.82. The lowest BCUT2D eigenvalue weighted by Crippen LogP contribution is -2.36. The highest BCUT2D eigenvalue weighted by Crippen LogP contribution is 2.35. The average Bonchev–Trinajstić information content (AvgIpc) is 2.36. The molecule has 0 fully saturated rings. The Hall–Kier alpha value is -1.56.